The van der Waals surface area contributed by atoms with Gasteiger partial charge in [0, 0.05) is 12.1 Å². The Labute approximate surface area is 153 Å². The number of unbranched alkanes of at least 4 members (excludes halogenated alkanes) is 1. The number of halogens is 1. The lowest BCUT2D eigenvalue weighted by Crippen LogP contribution is -2.40. The molecule has 2 unspecified atom stereocenters. The van der Waals surface area contributed by atoms with Crippen LogP contribution >= 0.6 is 11.6 Å². The van der Waals surface area contributed by atoms with Crippen LogP contribution in [-0.4, -0.2) is 45.4 Å². The van der Waals surface area contributed by atoms with Crippen LogP contribution in [0.4, 0.5) is 0 Å². The van der Waals surface area contributed by atoms with E-state index >= 15 is 0 Å². The molecule has 0 amide bonds. The Morgan fingerprint density at radius 1 is 1.40 bits per heavy atom. The summed E-state index contributed by atoms with van der Waals surface area (Å²) >= 11 is 5.91. The molecule has 0 aliphatic heterocycles. The summed E-state index contributed by atoms with van der Waals surface area (Å²) in [6.45, 7) is 3.89. The first kappa shape index (κ1) is 21.7. The van der Waals surface area contributed by atoms with Gasteiger partial charge in [0.25, 0.3) is 0 Å². The highest BCUT2D eigenvalue weighted by Gasteiger charge is 2.28. The first-order valence-corrected chi connectivity index (χ1v) is 9.77. The van der Waals surface area contributed by atoms with Gasteiger partial charge in [0.15, 0.2) is 0 Å². The Bertz CT molecular complexity index is 679. The number of sulfonamides is 1. The number of methoxy groups -OCH3 is 1. The average Bonchev–Trinajstić information content (AvgIpc) is 2.53. The molecule has 1 rings (SSSR count). The minimum Gasteiger partial charge on any atom is -0.487 e. The molecule has 0 bridgehead atoms. The third kappa shape index (κ3) is 6.81. The summed E-state index contributed by atoms with van der Waals surface area (Å²) in [6.07, 6.45) is 1.15. The van der Waals surface area contributed by atoms with E-state index in [1.54, 1.807) is 6.92 Å². The van der Waals surface area contributed by atoms with Gasteiger partial charge < -0.3 is 14.6 Å². The van der Waals surface area contributed by atoms with Crippen molar-refractivity contribution >= 4 is 27.6 Å². The largest absolute Gasteiger partial charge is 0.487 e. The van der Waals surface area contributed by atoms with Crippen LogP contribution < -0.4 is 9.46 Å². The van der Waals surface area contributed by atoms with E-state index in [0.717, 1.165) is 6.42 Å². The van der Waals surface area contributed by atoms with Crippen molar-refractivity contribution in [2.75, 3.05) is 13.7 Å². The molecule has 0 saturated heterocycles. The maximum absolute atomic E-state index is 12.7. The number of carbonyl (C=O) groups is 1. The number of nitrogens with one attached hydrogen (secondary N) is 1. The fourth-order valence-corrected chi connectivity index (χ4v) is 3.79. The van der Waals surface area contributed by atoms with Crippen LogP contribution in [0.1, 0.15) is 33.1 Å². The molecular weight excluding hydrogens is 370 g/mol. The van der Waals surface area contributed by atoms with E-state index in [1.807, 2.05) is 6.92 Å². The molecule has 9 heteroatoms. The van der Waals surface area contributed by atoms with Gasteiger partial charge in [-0.15, -0.1) is 0 Å². The fraction of sp³-hybridized carbons (Fsp3) is 0.562. The van der Waals surface area contributed by atoms with E-state index in [-0.39, 0.29) is 28.7 Å². The molecular formula is C16H24ClNO6S. The van der Waals surface area contributed by atoms with Crippen LogP contribution in [0.2, 0.25) is 5.02 Å². The van der Waals surface area contributed by atoms with Gasteiger partial charge in [0.2, 0.25) is 10.0 Å². The third-order valence-corrected chi connectivity index (χ3v) is 5.09. The van der Waals surface area contributed by atoms with Crippen molar-refractivity contribution in [3.8, 4) is 5.75 Å². The molecule has 1 aromatic rings. The van der Waals surface area contributed by atoms with Crippen LogP contribution in [-0.2, 0) is 19.6 Å². The maximum Gasteiger partial charge on any atom is 0.321 e. The quantitative estimate of drug-likeness (QED) is 0.599. The first-order chi connectivity index (χ1) is 11.7. The predicted octanol–water partition coefficient (Wildman–Crippen LogP) is 2.68. The van der Waals surface area contributed by atoms with Crippen molar-refractivity contribution < 1.29 is 27.8 Å². The summed E-state index contributed by atoms with van der Waals surface area (Å²) in [5.74, 6) is -1.14. The van der Waals surface area contributed by atoms with Crippen LogP contribution in [0, 0.1) is 0 Å². The zero-order valence-electron chi connectivity index (χ0n) is 14.5. The molecule has 0 fully saturated rings. The third-order valence-electron chi connectivity index (χ3n) is 3.37. The van der Waals surface area contributed by atoms with Gasteiger partial charge in [-0.3, -0.25) is 4.79 Å². The smallest absolute Gasteiger partial charge is 0.321 e. The molecule has 0 radical (unpaired) electrons. The molecule has 2 N–H and O–H groups in total. The second kappa shape index (κ2) is 9.96. The molecule has 1 aromatic carbocycles. The molecule has 7 nitrogen and oxygen atoms in total. The fourth-order valence-electron chi connectivity index (χ4n) is 2.17. The highest BCUT2D eigenvalue weighted by molar-refractivity contribution is 7.89. The molecule has 0 saturated carbocycles. The summed E-state index contributed by atoms with van der Waals surface area (Å²) in [5, 5.41) is 9.45. The number of ether oxygens (including phenoxy) is 2. The van der Waals surface area contributed by atoms with Crippen molar-refractivity contribution in [2.24, 2.45) is 0 Å². The van der Waals surface area contributed by atoms with Crippen LogP contribution in [0.3, 0.4) is 0 Å². The summed E-state index contributed by atoms with van der Waals surface area (Å²) in [4.78, 5) is 11.1. The van der Waals surface area contributed by atoms with Gasteiger partial charge in [0.05, 0.1) is 6.61 Å². The van der Waals surface area contributed by atoms with Crippen molar-refractivity contribution in [3.63, 3.8) is 0 Å². The molecule has 0 spiro atoms. The van der Waals surface area contributed by atoms with Crippen molar-refractivity contribution in [1.29, 1.82) is 0 Å². The van der Waals surface area contributed by atoms with E-state index < -0.39 is 28.1 Å². The van der Waals surface area contributed by atoms with Gasteiger partial charge in [-0.2, -0.15) is 4.72 Å². The van der Waals surface area contributed by atoms with Gasteiger partial charge in [-0.1, -0.05) is 31.4 Å². The lowest BCUT2D eigenvalue weighted by Gasteiger charge is -2.19. The Kier molecular flexibility index (Phi) is 8.64. The van der Waals surface area contributed by atoms with Gasteiger partial charge in [-0.25, -0.2) is 8.42 Å². The number of carboxylic acids is 1. The maximum atomic E-state index is 12.7. The van der Waals surface area contributed by atoms with Crippen molar-refractivity contribution in [2.45, 2.75) is 50.2 Å². The summed E-state index contributed by atoms with van der Waals surface area (Å²) in [7, 11) is -2.62. The van der Waals surface area contributed by atoms with E-state index in [4.69, 9.17) is 21.1 Å². The van der Waals surface area contributed by atoms with E-state index in [0.29, 0.717) is 6.42 Å². The molecule has 25 heavy (non-hydrogen) atoms. The topological polar surface area (TPSA) is 102 Å². The number of hydrogen-bond donors (Lipinski definition) is 2. The normalized spacial score (nSPS) is 14.1. The minimum atomic E-state index is -4.13. The average molecular weight is 394 g/mol. The molecule has 0 aromatic heterocycles. The summed E-state index contributed by atoms with van der Waals surface area (Å²) < 4.78 is 38.1. The van der Waals surface area contributed by atoms with E-state index in [9.17, 15) is 18.3 Å². The van der Waals surface area contributed by atoms with Crippen molar-refractivity contribution in [3.05, 3.63) is 23.2 Å². The highest BCUT2D eigenvalue weighted by atomic mass is 35.5. The lowest BCUT2D eigenvalue weighted by molar-refractivity contribution is -0.139. The molecule has 0 aliphatic rings. The number of aliphatic carboxylic acids is 1. The standard InChI is InChI=1S/C16H24ClNO6S/c1-4-5-6-13(16(19)20)18-25(21,22)15-9-12(17)7-8-14(15)24-11(2)10-23-3/h7-9,11,13,18H,4-6,10H2,1-3H3,(H,19,20). The molecule has 2 atom stereocenters. The SMILES string of the molecule is CCCCC(NS(=O)(=O)c1cc(Cl)ccc1OC(C)COC)C(=O)O. The van der Waals surface area contributed by atoms with E-state index in [1.165, 1.54) is 25.3 Å². The van der Waals surface area contributed by atoms with Gasteiger partial charge >= 0.3 is 5.97 Å². The number of hydrogen-bond acceptors (Lipinski definition) is 5. The Morgan fingerprint density at radius 2 is 2.08 bits per heavy atom. The molecule has 0 aliphatic carbocycles. The zero-order chi connectivity index (χ0) is 19.0. The first-order valence-electron chi connectivity index (χ1n) is 7.91. The second-order valence-electron chi connectivity index (χ2n) is 5.63. The molecule has 142 valence electrons. The Morgan fingerprint density at radius 3 is 2.64 bits per heavy atom. The second-order valence-corrected chi connectivity index (χ2v) is 7.75. The predicted molar refractivity (Wildman–Crippen MR) is 94.7 cm³/mol. The zero-order valence-corrected chi connectivity index (χ0v) is 16.1. The lowest BCUT2D eigenvalue weighted by atomic mass is 10.1. The number of carboxylic acid groups (broad SMARTS) is 1. The minimum absolute atomic E-state index is 0.0843. The summed E-state index contributed by atoms with van der Waals surface area (Å²) in [5.41, 5.74) is 0. The van der Waals surface area contributed by atoms with Gasteiger partial charge in [-0.05, 0) is 31.5 Å². The monoisotopic (exact) mass is 393 g/mol. The highest BCUT2D eigenvalue weighted by Crippen LogP contribution is 2.28. The number of rotatable bonds is 11. The van der Waals surface area contributed by atoms with Gasteiger partial charge in [0.1, 0.15) is 22.8 Å². The van der Waals surface area contributed by atoms with Crippen LogP contribution in [0.25, 0.3) is 0 Å². The molecule has 0 heterocycles. The summed E-state index contributed by atoms with van der Waals surface area (Å²) in [6, 6.07) is 2.96. The van der Waals surface area contributed by atoms with Crippen LogP contribution in [0.15, 0.2) is 23.1 Å². The van der Waals surface area contributed by atoms with Crippen LogP contribution in [0.5, 0.6) is 5.75 Å². The Balaban J connectivity index is 3.13. The Hall–Kier alpha value is -1.35. The van der Waals surface area contributed by atoms with Crippen molar-refractivity contribution in [1.82, 2.24) is 4.72 Å². The van der Waals surface area contributed by atoms with E-state index in [2.05, 4.69) is 4.72 Å². The number of benzene rings is 1.